The molecule has 1 saturated heterocycles. The van der Waals surface area contributed by atoms with Crippen molar-refractivity contribution in [3.05, 3.63) is 66.2 Å². The van der Waals surface area contributed by atoms with Gasteiger partial charge in [0.25, 0.3) is 0 Å². The first-order valence-corrected chi connectivity index (χ1v) is 14.1. The largest absolute Gasteiger partial charge is 0.497 e. The Bertz CT molecular complexity index is 1010. The topological polar surface area (TPSA) is 68.2 Å². The van der Waals surface area contributed by atoms with E-state index in [0.29, 0.717) is 25.9 Å². The summed E-state index contributed by atoms with van der Waals surface area (Å²) in [5, 5.41) is 11.1. The van der Waals surface area contributed by atoms with E-state index in [0.717, 1.165) is 48.4 Å². The minimum atomic E-state index is -0.358. The van der Waals surface area contributed by atoms with Gasteiger partial charge in [0.05, 0.1) is 33.0 Å². The maximum atomic E-state index is 11.3. The average Bonchev–Trinajstić information content (AvgIpc) is 3.28. The Balaban J connectivity index is 1.36. The molecule has 1 saturated carbocycles. The number of benzene rings is 2. The number of allylic oxidation sites excluding steroid dienone is 2. The number of esters is 1. The van der Waals surface area contributed by atoms with Gasteiger partial charge in [0.2, 0.25) is 0 Å². The van der Waals surface area contributed by atoms with E-state index in [9.17, 15) is 9.90 Å². The molecule has 2 fully saturated rings. The van der Waals surface area contributed by atoms with Gasteiger partial charge in [0.1, 0.15) is 5.75 Å². The van der Waals surface area contributed by atoms with Gasteiger partial charge in [-0.15, -0.1) is 0 Å². The van der Waals surface area contributed by atoms with Crippen LogP contribution < -0.4 is 4.74 Å². The number of piperidine rings is 1. The van der Waals surface area contributed by atoms with E-state index in [4.69, 9.17) is 14.2 Å². The van der Waals surface area contributed by atoms with Crippen molar-refractivity contribution in [3.8, 4) is 16.9 Å². The molecule has 206 valence electrons. The number of aliphatic hydroxyl groups excluding tert-OH is 1. The Morgan fingerprint density at radius 3 is 2.26 bits per heavy atom. The Morgan fingerprint density at radius 2 is 1.61 bits per heavy atom. The molecule has 1 aliphatic heterocycles. The number of likely N-dealkylation sites (tertiary alicyclic amines) is 1. The Morgan fingerprint density at radius 1 is 0.947 bits per heavy atom. The molecule has 1 N–H and O–H groups in total. The van der Waals surface area contributed by atoms with Crippen LogP contribution in [0.4, 0.5) is 0 Å². The van der Waals surface area contributed by atoms with Crippen molar-refractivity contribution >= 4 is 5.97 Å². The summed E-state index contributed by atoms with van der Waals surface area (Å²) in [6.45, 7) is 2.66. The van der Waals surface area contributed by atoms with Crippen LogP contribution >= 0.6 is 0 Å². The van der Waals surface area contributed by atoms with Crippen molar-refractivity contribution in [3.63, 3.8) is 0 Å². The Labute approximate surface area is 227 Å². The normalized spacial score (nSPS) is 24.1. The average molecular weight is 522 g/mol. The van der Waals surface area contributed by atoms with Gasteiger partial charge in [-0.25, -0.2) is 0 Å². The van der Waals surface area contributed by atoms with Gasteiger partial charge in [0, 0.05) is 24.8 Å². The van der Waals surface area contributed by atoms with Crippen LogP contribution in [0.5, 0.6) is 5.75 Å². The van der Waals surface area contributed by atoms with Crippen LogP contribution in [0.1, 0.15) is 56.9 Å². The lowest BCUT2D eigenvalue weighted by Crippen LogP contribution is -2.47. The molecular weight excluding hydrogens is 478 g/mol. The van der Waals surface area contributed by atoms with Crippen LogP contribution in [0.15, 0.2) is 60.7 Å². The molecule has 38 heavy (non-hydrogen) atoms. The minimum Gasteiger partial charge on any atom is -0.497 e. The molecule has 0 spiro atoms. The van der Waals surface area contributed by atoms with E-state index in [-0.39, 0.29) is 30.1 Å². The summed E-state index contributed by atoms with van der Waals surface area (Å²) in [7, 11) is 3.10. The maximum absolute atomic E-state index is 11.3. The van der Waals surface area contributed by atoms with Crippen LogP contribution in [0, 0.1) is 5.92 Å². The molecule has 1 aliphatic carbocycles. The van der Waals surface area contributed by atoms with Crippen molar-refractivity contribution in [2.75, 3.05) is 27.3 Å². The molecule has 6 nitrogen and oxygen atoms in total. The molecule has 4 rings (SSSR count). The number of ether oxygens (including phenoxy) is 3. The van der Waals surface area contributed by atoms with Gasteiger partial charge in [-0.3, -0.25) is 9.69 Å². The monoisotopic (exact) mass is 521 g/mol. The molecule has 0 aromatic heterocycles. The number of hydrogen-bond donors (Lipinski definition) is 1. The molecule has 2 aromatic carbocycles. The number of carbonyl (C=O) groups is 1. The highest BCUT2D eigenvalue weighted by Gasteiger charge is 2.45. The van der Waals surface area contributed by atoms with Crippen LogP contribution in [-0.2, 0) is 20.9 Å². The van der Waals surface area contributed by atoms with Gasteiger partial charge in [-0.05, 0) is 74.0 Å². The van der Waals surface area contributed by atoms with E-state index in [1.807, 2.05) is 12.1 Å². The summed E-state index contributed by atoms with van der Waals surface area (Å²) in [5.74, 6) is 0.961. The van der Waals surface area contributed by atoms with Crippen molar-refractivity contribution in [1.82, 2.24) is 4.90 Å². The summed E-state index contributed by atoms with van der Waals surface area (Å²) < 4.78 is 16.5. The smallest absolute Gasteiger partial charge is 0.305 e. The van der Waals surface area contributed by atoms with E-state index < -0.39 is 0 Å². The van der Waals surface area contributed by atoms with Crippen molar-refractivity contribution in [2.24, 2.45) is 5.92 Å². The van der Waals surface area contributed by atoms with Crippen LogP contribution in [-0.4, -0.2) is 61.5 Å². The molecule has 0 bridgehead atoms. The van der Waals surface area contributed by atoms with Gasteiger partial charge in [-0.2, -0.15) is 0 Å². The first-order chi connectivity index (χ1) is 18.6. The Hall–Kier alpha value is -2.67. The third kappa shape index (κ3) is 7.68. The van der Waals surface area contributed by atoms with E-state index >= 15 is 0 Å². The van der Waals surface area contributed by atoms with Gasteiger partial charge >= 0.3 is 5.97 Å². The number of hydrogen-bond acceptors (Lipinski definition) is 6. The fourth-order valence-corrected chi connectivity index (χ4v) is 5.94. The third-order valence-corrected chi connectivity index (χ3v) is 8.01. The second kappa shape index (κ2) is 14.5. The molecule has 6 heteroatoms. The minimum absolute atomic E-state index is 0.0293. The summed E-state index contributed by atoms with van der Waals surface area (Å²) in [6.07, 6.45) is 11.3. The van der Waals surface area contributed by atoms with Crippen molar-refractivity contribution in [1.29, 1.82) is 0 Å². The standard InChI is InChI=1S/C32H43NO5/c1-36-27-18-16-26(17-19-27)25-14-12-24(13-15-25)23-38-30-22-29(34)32(33-20-8-5-9-21-33)28(30)10-6-3-4-7-11-31(35)37-2/h3-4,12-19,28-30,32,34H,5-11,20-23H2,1-2H3/t28-,29+,30-,32+/m0/s1. The molecule has 0 radical (unpaired) electrons. The molecule has 2 aromatic rings. The van der Waals surface area contributed by atoms with E-state index in [1.54, 1.807) is 7.11 Å². The first-order valence-electron chi connectivity index (χ1n) is 14.1. The number of rotatable bonds is 12. The molecule has 1 heterocycles. The van der Waals surface area contributed by atoms with E-state index in [1.165, 1.54) is 26.4 Å². The summed E-state index contributed by atoms with van der Waals surface area (Å²) >= 11 is 0. The van der Waals surface area contributed by atoms with E-state index in [2.05, 4.69) is 53.5 Å². The van der Waals surface area contributed by atoms with Crippen LogP contribution in [0.2, 0.25) is 0 Å². The van der Waals surface area contributed by atoms with Crippen molar-refractivity contribution < 1.29 is 24.1 Å². The fraction of sp³-hybridized carbons (Fsp3) is 0.531. The highest BCUT2D eigenvalue weighted by Crippen LogP contribution is 2.38. The predicted octanol–water partition coefficient (Wildman–Crippen LogP) is 5.77. The molecule has 0 amide bonds. The predicted molar refractivity (Wildman–Crippen MR) is 150 cm³/mol. The number of aliphatic hydroxyl groups is 1. The zero-order valence-electron chi connectivity index (χ0n) is 22.9. The summed E-state index contributed by atoms with van der Waals surface area (Å²) in [5.41, 5.74) is 3.45. The quantitative estimate of drug-likeness (QED) is 0.282. The van der Waals surface area contributed by atoms with Crippen molar-refractivity contribution in [2.45, 2.75) is 76.2 Å². The molecular formula is C32H43NO5. The molecule has 0 unspecified atom stereocenters. The summed E-state index contributed by atoms with van der Waals surface area (Å²) in [6, 6.07) is 16.8. The number of methoxy groups -OCH3 is 2. The first kappa shape index (κ1) is 28.3. The molecule has 2 aliphatic rings. The maximum Gasteiger partial charge on any atom is 0.305 e. The SMILES string of the molecule is COC(=O)CCC=CCC[C@@H]1[C@@H](N2CCCCC2)[C@H](O)C[C@@H]1OCc1ccc(-c2ccc(OC)cc2)cc1. The lowest BCUT2D eigenvalue weighted by Gasteiger charge is -2.38. The highest BCUT2D eigenvalue weighted by molar-refractivity contribution is 5.69. The lowest BCUT2D eigenvalue weighted by atomic mass is 9.92. The molecule has 4 atom stereocenters. The number of nitrogens with zero attached hydrogens (tertiary/aromatic N) is 1. The van der Waals surface area contributed by atoms with Gasteiger partial charge in [-0.1, -0.05) is 55.0 Å². The van der Waals surface area contributed by atoms with Crippen LogP contribution in [0.25, 0.3) is 11.1 Å². The zero-order chi connectivity index (χ0) is 26.7. The number of carbonyl (C=O) groups excluding carboxylic acids is 1. The zero-order valence-corrected chi connectivity index (χ0v) is 22.9. The van der Waals surface area contributed by atoms with Gasteiger partial charge in [0.15, 0.2) is 0 Å². The summed E-state index contributed by atoms with van der Waals surface area (Å²) in [4.78, 5) is 13.9. The third-order valence-electron chi connectivity index (χ3n) is 8.01. The van der Waals surface area contributed by atoms with Gasteiger partial charge < -0.3 is 19.3 Å². The fourth-order valence-electron chi connectivity index (χ4n) is 5.94. The second-order valence-electron chi connectivity index (χ2n) is 10.5. The highest BCUT2D eigenvalue weighted by atomic mass is 16.5. The lowest BCUT2D eigenvalue weighted by molar-refractivity contribution is -0.140. The van der Waals surface area contributed by atoms with Crippen LogP contribution in [0.3, 0.4) is 0 Å². The Kier molecular flexibility index (Phi) is 10.8. The second-order valence-corrected chi connectivity index (χ2v) is 10.5.